The first kappa shape index (κ1) is 27.1. The van der Waals surface area contributed by atoms with Gasteiger partial charge in [-0.1, -0.05) is 12.5 Å². The lowest BCUT2D eigenvalue weighted by Gasteiger charge is -2.13. The van der Waals surface area contributed by atoms with Gasteiger partial charge in [0.2, 0.25) is 5.95 Å². The summed E-state index contributed by atoms with van der Waals surface area (Å²) >= 11 is 0. The molecule has 0 saturated carbocycles. The number of hydroxylamine groups is 1. The van der Waals surface area contributed by atoms with Crippen LogP contribution in [0.3, 0.4) is 0 Å². The van der Waals surface area contributed by atoms with Crippen molar-refractivity contribution in [2.45, 2.75) is 32.0 Å². The molecular weight excluding hydrogens is 469 g/mol. The van der Waals surface area contributed by atoms with Gasteiger partial charge in [0.05, 0.1) is 28.2 Å². The lowest BCUT2D eigenvalue weighted by molar-refractivity contribution is -0.137. The van der Waals surface area contributed by atoms with E-state index in [1.807, 2.05) is 0 Å². The Kier molecular flexibility index (Phi) is 9.56. The van der Waals surface area contributed by atoms with E-state index in [9.17, 15) is 23.2 Å². The van der Waals surface area contributed by atoms with Gasteiger partial charge < -0.3 is 20.7 Å². The maximum Gasteiger partial charge on any atom is 0.417 e. The van der Waals surface area contributed by atoms with Crippen LogP contribution >= 0.6 is 0 Å². The standard InChI is InChI=1S/C21H21F3N6O2.CH2O2/c22-21(23,24)16-11-18-17(10-14(16)12-26)28-20(30(18)8-3-1-2-7-25)27-15-6-4-5-13(9-15)19(31)29-32;2-1-3/h4-6,9-11,32H,1-3,7-8,25H2,(H,27,28)(H,29,31);1H,(H,2,3). The molecule has 1 amide bonds. The summed E-state index contributed by atoms with van der Waals surface area (Å²) in [7, 11) is 0. The number of carboxylic acid groups (broad SMARTS) is 1. The Bertz CT molecular complexity index is 1220. The molecule has 3 rings (SSSR count). The number of alkyl halides is 3. The van der Waals surface area contributed by atoms with E-state index in [4.69, 9.17) is 20.8 Å². The fraction of sp³-hybridized carbons (Fsp3) is 0.273. The third kappa shape index (κ3) is 6.92. The molecule has 2 aromatic carbocycles. The van der Waals surface area contributed by atoms with Crippen LogP contribution in [0.4, 0.5) is 24.8 Å². The molecule has 3 aromatic rings. The SMILES string of the molecule is N#Cc1cc2nc(Nc3cccc(C(=O)NO)c3)n(CCCCCN)c2cc1C(F)(F)F.O=CO. The van der Waals surface area contributed by atoms with E-state index in [2.05, 4.69) is 10.3 Å². The zero-order valence-corrected chi connectivity index (χ0v) is 18.3. The van der Waals surface area contributed by atoms with Crippen LogP contribution in [0, 0.1) is 11.3 Å². The molecule has 10 nitrogen and oxygen atoms in total. The number of unbranched alkanes of at least 4 members (excludes halogenated alkanes) is 2. The normalized spacial score (nSPS) is 10.7. The molecule has 0 aliphatic carbocycles. The molecule has 0 bridgehead atoms. The average molecular weight is 492 g/mol. The van der Waals surface area contributed by atoms with Crippen molar-refractivity contribution < 1.29 is 33.1 Å². The summed E-state index contributed by atoms with van der Waals surface area (Å²) in [6, 6.07) is 9.82. The van der Waals surface area contributed by atoms with Gasteiger partial charge in [-0.15, -0.1) is 0 Å². The van der Waals surface area contributed by atoms with Crippen LogP contribution < -0.4 is 16.5 Å². The number of hydrogen-bond acceptors (Lipinski definition) is 7. The van der Waals surface area contributed by atoms with Gasteiger partial charge in [-0.3, -0.25) is 14.8 Å². The molecule has 13 heteroatoms. The Morgan fingerprint density at radius 2 is 1.94 bits per heavy atom. The Labute approximate surface area is 197 Å². The van der Waals surface area contributed by atoms with Crippen molar-refractivity contribution in [2.24, 2.45) is 5.73 Å². The first-order valence-corrected chi connectivity index (χ1v) is 10.3. The van der Waals surface area contributed by atoms with Crippen LogP contribution in [0.1, 0.15) is 40.7 Å². The number of anilines is 2. The number of carbonyl (C=O) groups is 2. The van der Waals surface area contributed by atoms with E-state index in [0.717, 1.165) is 25.0 Å². The Morgan fingerprint density at radius 1 is 1.23 bits per heavy atom. The second kappa shape index (κ2) is 12.4. The number of rotatable bonds is 8. The molecule has 1 aromatic heterocycles. The summed E-state index contributed by atoms with van der Waals surface area (Å²) in [5, 5.41) is 27.9. The molecule has 0 radical (unpaired) electrons. The molecule has 0 atom stereocenters. The number of amides is 1. The van der Waals surface area contributed by atoms with Crippen LogP contribution in [0.15, 0.2) is 36.4 Å². The molecular formula is C22H23F3N6O4. The van der Waals surface area contributed by atoms with Gasteiger partial charge in [0.25, 0.3) is 12.4 Å². The van der Waals surface area contributed by atoms with Gasteiger partial charge >= 0.3 is 6.18 Å². The predicted molar refractivity (Wildman–Crippen MR) is 120 cm³/mol. The van der Waals surface area contributed by atoms with Gasteiger partial charge in [0.1, 0.15) is 0 Å². The van der Waals surface area contributed by atoms with Gasteiger partial charge in [-0.05, 0) is 49.7 Å². The second-order valence-corrected chi connectivity index (χ2v) is 7.18. The predicted octanol–water partition coefficient (Wildman–Crippen LogP) is 3.62. The number of aryl methyl sites for hydroxylation is 1. The summed E-state index contributed by atoms with van der Waals surface area (Å²) < 4.78 is 42.1. The third-order valence-electron chi connectivity index (χ3n) is 4.88. The van der Waals surface area contributed by atoms with Gasteiger partial charge in [0.15, 0.2) is 0 Å². The Hall–Kier alpha value is -4.15. The number of aromatic nitrogens is 2. The van der Waals surface area contributed by atoms with Gasteiger partial charge in [0, 0.05) is 17.8 Å². The Balaban J connectivity index is 0.00000137. The van der Waals surface area contributed by atoms with E-state index in [-0.39, 0.29) is 29.0 Å². The molecule has 0 aliphatic heterocycles. The van der Waals surface area contributed by atoms with E-state index in [1.54, 1.807) is 28.2 Å². The van der Waals surface area contributed by atoms with E-state index in [0.29, 0.717) is 25.2 Å². The molecule has 35 heavy (non-hydrogen) atoms. The number of benzene rings is 2. The summed E-state index contributed by atoms with van der Waals surface area (Å²) in [5.41, 5.74) is 6.62. The highest BCUT2D eigenvalue weighted by Gasteiger charge is 2.34. The number of carbonyl (C=O) groups excluding carboxylic acids is 1. The number of hydrogen-bond donors (Lipinski definition) is 5. The molecule has 0 saturated heterocycles. The Morgan fingerprint density at radius 3 is 2.54 bits per heavy atom. The van der Waals surface area contributed by atoms with Crippen LogP contribution in [-0.4, -0.2) is 38.8 Å². The van der Waals surface area contributed by atoms with Gasteiger partial charge in [-0.2, -0.15) is 18.4 Å². The molecule has 0 unspecified atom stereocenters. The quantitative estimate of drug-likeness (QED) is 0.138. The average Bonchev–Trinajstić information content (AvgIpc) is 3.16. The lowest BCUT2D eigenvalue weighted by atomic mass is 10.1. The van der Waals surface area contributed by atoms with Crippen molar-refractivity contribution >= 4 is 35.0 Å². The van der Waals surface area contributed by atoms with Crippen molar-refractivity contribution in [2.75, 3.05) is 11.9 Å². The molecule has 186 valence electrons. The zero-order valence-electron chi connectivity index (χ0n) is 18.3. The summed E-state index contributed by atoms with van der Waals surface area (Å²) in [5.74, 6) is -0.449. The van der Waals surface area contributed by atoms with Crippen molar-refractivity contribution in [1.29, 1.82) is 5.26 Å². The van der Waals surface area contributed by atoms with Crippen LogP contribution in [0.25, 0.3) is 11.0 Å². The van der Waals surface area contributed by atoms with E-state index < -0.39 is 23.2 Å². The number of fused-ring (bicyclic) bond motifs is 1. The number of nitrogens with zero attached hydrogens (tertiary/aromatic N) is 3. The van der Waals surface area contributed by atoms with Crippen molar-refractivity contribution in [1.82, 2.24) is 15.0 Å². The summed E-state index contributed by atoms with van der Waals surface area (Å²) in [6.07, 6.45) is -2.47. The highest BCUT2D eigenvalue weighted by Crippen LogP contribution is 2.35. The minimum Gasteiger partial charge on any atom is -0.483 e. The number of nitrogens with two attached hydrogens (primary N) is 1. The smallest absolute Gasteiger partial charge is 0.417 e. The largest absolute Gasteiger partial charge is 0.483 e. The van der Waals surface area contributed by atoms with Crippen LogP contribution in [0.5, 0.6) is 0 Å². The fourth-order valence-electron chi connectivity index (χ4n) is 3.34. The number of imidazole rings is 1. The van der Waals surface area contributed by atoms with E-state index >= 15 is 0 Å². The summed E-state index contributed by atoms with van der Waals surface area (Å²) in [6.45, 7) is 0.637. The molecule has 0 aliphatic rings. The minimum atomic E-state index is -4.69. The van der Waals surface area contributed by atoms with E-state index in [1.165, 1.54) is 12.1 Å². The second-order valence-electron chi connectivity index (χ2n) is 7.18. The topological polar surface area (TPSA) is 166 Å². The summed E-state index contributed by atoms with van der Waals surface area (Å²) in [4.78, 5) is 24.4. The third-order valence-corrected chi connectivity index (χ3v) is 4.88. The number of nitrogens with one attached hydrogen (secondary N) is 2. The fourth-order valence-corrected chi connectivity index (χ4v) is 3.34. The maximum absolute atomic E-state index is 13.5. The highest BCUT2D eigenvalue weighted by molar-refractivity contribution is 5.94. The first-order chi connectivity index (χ1) is 16.7. The maximum atomic E-state index is 13.5. The van der Waals surface area contributed by atoms with Crippen LogP contribution in [0.2, 0.25) is 0 Å². The number of nitriles is 1. The minimum absolute atomic E-state index is 0.175. The lowest BCUT2D eigenvalue weighted by Crippen LogP contribution is -2.18. The molecule has 1 heterocycles. The first-order valence-electron chi connectivity index (χ1n) is 10.3. The number of halogens is 3. The van der Waals surface area contributed by atoms with Gasteiger partial charge in [-0.25, -0.2) is 10.5 Å². The van der Waals surface area contributed by atoms with Crippen molar-refractivity contribution in [3.63, 3.8) is 0 Å². The van der Waals surface area contributed by atoms with Crippen molar-refractivity contribution in [3.8, 4) is 6.07 Å². The van der Waals surface area contributed by atoms with Crippen LogP contribution in [-0.2, 0) is 17.5 Å². The monoisotopic (exact) mass is 492 g/mol. The van der Waals surface area contributed by atoms with Crippen molar-refractivity contribution in [3.05, 3.63) is 53.1 Å². The molecule has 0 fully saturated rings. The zero-order chi connectivity index (χ0) is 26.0. The molecule has 6 N–H and O–H groups in total. The molecule has 0 spiro atoms. The highest BCUT2D eigenvalue weighted by atomic mass is 19.4.